The summed E-state index contributed by atoms with van der Waals surface area (Å²) in [5.74, 6) is 1.79. The first-order valence-corrected chi connectivity index (χ1v) is 6.83. The van der Waals surface area contributed by atoms with Crippen LogP contribution in [0, 0.1) is 0 Å². The Morgan fingerprint density at radius 3 is 3.31 bits per heavy atom. The number of ether oxygens (including phenoxy) is 1. The van der Waals surface area contributed by atoms with Crippen LogP contribution in [0.2, 0.25) is 0 Å². The summed E-state index contributed by atoms with van der Waals surface area (Å²) in [6, 6.07) is 4.11. The van der Waals surface area contributed by atoms with Crippen molar-refractivity contribution in [3.8, 4) is 5.88 Å². The van der Waals surface area contributed by atoms with Gasteiger partial charge in [0.15, 0.2) is 0 Å². The van der Waals surface area contributed by atoms with E-state index in [-0.39, 0.29) is 0 Å². The fourth-order valence-electron chi connectivity index (χ4n) is 1.75. The maximum Gasteiger partial charge on any atom is 0.213 e. The lowest BCUT2D eigenvalue weighted by Crippen LogP contribution is -2.10. The van der Waals surface area contributed by atoms with Crippen molar-refractivity contribution in [3.63, 3.8) is 0 Å². The van der Waals surface area contributed by atoms with Crippen LogP contribution in [0.15, 0.2) is 18.3 Å². The monoisotopic (exact) mass is 238 g/mol. The lowest BCUT2D eigenvalue weighted by atomic mass is 10.3. The topological polar surface area (TPSA) is 34.1 Å². The molecule has 1 aromatic heterocycles. The zero-order valence-electron chi connectivity index (χ0n) is 9.61. The highest BCUT2D eigenvalue weighted by molar-refractivity contribution is 7.99. The molecule has 2 rings (SSSR count). The lowest BCUT2D eigenvalue weighted by Gasteiger charge is -2.08. The number of hydrogen-bond donors (Lipinski definition) is 1. The van der Waals surface area contributed by atoms with Gasteiger partial charge < -0.3 is 10.1 Å². The second-order valence-electron chi connectivity index (χ2n) is 3.86. The predicted molar refractivity (Wildman–Crippen MR) is 68.0 cm³/mol. The van der Waals surface area contributed by atoms with E-state index in [2.05, 4.69) is 16.4 Å². The van der Waals surface area contributed by atoms with Crippen molar-refractivity contribution in [3.05, 3.63) is 23.9 Å². The van der Waals surface area contributed by atoms with E-state index in [1.165, 1.54) is 12.0 Å². The second-order valence-corrected chi connectivity index (χ2v) is 5.15. The second kappa shape index (κ2) is 6.11. The number of thioether (sulfide) groups is 1. The number of aromatic nitrogens is 1. The largest absolute Gasteiger partial charge is 0.478 e. The van der Waals surface area contributed by atoms with Crippen LogP contribution < -0.4 is 10.1 Å². The summed E-state index contributed by atoms with van der Waals surface area (Å²) in [7, 11) is 0. The van der Waals surface area contributed by atoms with Gasteiger partial charge in [0, 0.05) is 29.8 Å². The molecule has 0 bridgehead atoms. The molecule has 0 saturated carbocycles. The molecule has 1 atom stereocenters. The van der Waals surface area contributed by atoms with Gasteiger partial charge in [0.25, 0.3) is 0 Å². The van der Waals surface area contributed by atoms with E-state index in [1.54, 1.807) is 0 Å². The first kappa shape index (κ1) is 11.7. The highest BCUT2D eigenvalue weighted by atomic mass is 32.2. The van der Waals surface area contributed by atoms with E-state index in [4.69, 9.17) is 4.74 Å². The Morgan fingerprint density at radius 2 is 2.56 bits per heavy atom. The molecule has 88 valence electrons. The molecule has 0 unspecified atom stereocenters. The summed E-state index contributed by atoms with van der Waals surface area (Å²) in [6.07, 6.45) is 3.11. The molecule has 0 amide bonds. The van der Waals surface area contributed by atoms with Crippen LogP contribution in [0.5, 0.6) is 5.88 Å². The van der Waals surface area contributed by atoms with Crippen molar-refractivity contribution in [1.82, 2.24) is 10.3 Å². The average molecular weight is 238 g/mol. The molecule has 2 heterocycles. The van der Waals surface area contributed by atoms with Gasteiger partial charge >= 0.3 is 0 Å². The summed E-state index contributed by atoms with van der Waals surface area (Å²) in [4.78, 5) is 4.17. The van der Waals surface area contributed by atoms with Crippen LogP contribution in [-0.2, 0) is 5.75 Å². The van der Waals surface area contributed by atoms with Crippen molar-refractivity contribution in [2.24, 2.45) is 0 Å². The molecular weight excluding hydrogens is 220 g/mol. The third-order valence-electron chi connectivity index (χ3n) is 2.59. The minimum absolute atomic E-state index is 0.677. The van der Waals surface area contributed by atoms with E-state index in [0.29, 0.717) is 6.61 Å². The van der Waals surface area contributed by atoms with Crippen LogP contribution in [0.25, 0.3) is 0 Å². The highest BCUT2D eigenvalue weighted by Crippen LogP contribution is 2.23. The van der Waals surface area contributed by atoms with Gasteiger partial charge in [0.2, 0.25) is 5.88 Å². The molecule has 0 spiro atoms. The zero-order valence-corrected chi connectivity index (χ0v) is 10.4. The normalized spacial score (nSPS) is 19.9. The molecule has 0 aromatic carbocycles. The zero-order chi connectivity index (χ0) is 11.2. The molecule has 1 saturated heterocycles. The van der Waals surface area contributed by atoms with Crippen molar-refractivity contribution < 1.29 is 4.74 Å². The van der Waals surface area contributed by atoms with Gasteiger partial charge in [0.05, 0.1) is 6.61 Å². The van der Waals surface area contributed by atoms with E-state index in [9.17, 15) is 0 Å². The van der Waals surface area contributed by atoms with Crippen molar-refractivity contribution >= 4 is 11.8 Å². The Bertz CT molecular complexity index is 327. The minimum Gasteiger partial charge on any atom is -0.478 e. The average Bonchev–Trinajstić information content (AvgIpc) is 2.80. The van der Waals surface area contributed by atoms with Gasteiger partial charge in [-0.25, -0.2) is 4.98 Å². The summed E-state index contributed by atoms with van der Waals surface area (Å²) in [6.45, 7) is 4.97. The smallest absolute Gasteiger partial charge is 0.213 e. The fourth-order valence-corrected chi connectivity index (χ4v) is 2.88. The summed E-state index contributed by atoms with van der Waals surface area (Å²) in [5.41, 5.74) is 1.30. The first-order valence-electron chi connectivity index (χ1n) is 5.78. The van der Waals surface area contributed by atoms with E-state index < -0.39 is 0 Å². The Kier molecular flexibility index (Phi) is 4.48. The number of pyridine rings is 1. The van der Waals surface area contributed by atoms with Crippen LogP contribution >= 0.6 is 11.8 Å². The SMILES string of the molecule is CCOc1cc(CS[C@H]2CCNC2)ccn1. The maximum atomic E-state index is 5.39. The van der Waals surface area contributed by atoms with Crippen molar-refractivity contribution in [2.45, 2.75) is 24.3 Å². The highest BCUT2D eigenvalue weighted by Gasteiger charge is 2.14. The van der Waals surface area contributed by atoms with Crippen molar-refractivity contribution in [2.75, 3.05) is 19.7 Å². The Balaban J connectivity index is 1.85. The van der Waals surface area contributed by atoms with E-state index in [0.717, 1.165) is 30.0 Å². The lowest BCUT2D eigenvalue weighted by molar-refractivity contribution is 0.326. The van der Waals surface area contributed by atoms with E-state index >= 15 is 0 Å². The van der Waals surface area contributed by atoms with Crippen LogP contribution in [0.3, 0.4) is 0 Å². The number of rotatable bonds is 5. The molecule has 1 N–H and O–H groups in total. The number of hydrogen-bond acceptors (Lipinski definition) is 4. The van der Waals surface area contributed by atoms with Gasteiger partial charge in [-0.1, -0.05) is 0 Å². The standard InChI is InChI=1S/C12H18N2OS/c1-2-15-12-7-10(3-6-14-12)9-16-11-4-5-13-8-11/h3,6-7,11,13H,2,4-5,8-9H2,1H3/t11-/m0/s1. The van der Waals surface area contributed by atoms with Gasteiger partial charge in [-0.05, 0) is 31.5 Å². The number of nitrogens with zero attached hydrogens (tertiary/aromatic N) is 1. The van der Waals surface area contributed by atoms with Crippen molar-refractivity contribution in [1.29, 1.82) is 0 Å². The molecule has 1 aliphatic heterocycles. The van der Waals surface area contributed by atoms with Gasteiger partial charge in [-0.15, -0.1) is 0 Å². The fraction of sp³-hybridized carbons (Fsp3) is 0.583. The minimum atomic E-state index is 0.677. The first-order chi connectivity index (χ1) is 7.88. The maximum absolute atomic E-state index is 5.39. The van der Waals surface area contributed by atoms with Crippen LogP contribution in [0.1, 0.15) is 18.9 Å². The predicted octanol–water partition coefficient (Wildman–Crippen LogP) is 2.08. The Morgan fingerprint density at radius 1 is 1.62 bits per heavy atom. The molecular formula is C12H18N2OS. The van der Waals surface area contributed by atoms with Gasteiger partial charge in [0.1, 0.15) is 0 Å². The molecule has 1 fully saturated rings. The molecule has 0 aliphatic carbocycles. The molecule has 4 heteroatoms. The van der Waals surface area contributed by atoms with E-state index in [1.807, 2.05) is 30.9 Å². The molecule has 3 nitrogen and oxygen atoms in total. The molecule has 1 aromatic rings. The third-order valence-corrected chi connectivity index (χ3v) is 3.97. The number of nitrogens with one attached hydrogen (secondary N) is 1. The van der Waals surface area contributed by atoms with Crippen LogP contribution in [-0.4, -0.2) is 29.9 Å². The van der Waals surface area contributed by atoms with Crippen LogP contribution in [0.4, 0.5) is 0 Å². The molecule has 16 heavy (non-hydrogen) atoms. The third kappa shape index (κ3) is 3.39. The van der Waals surface area contributed by atoms with Gasteiger partial charge in [-0.3, -0.25) is 0 Å². The molecule has 0 radical (unpaired) electrons. The summed E-state index contributed by atoms with van der Waals surface area (Å²) in [5, 5.41) is 4.15. The summed E-state index contributed by atoms with van der Waals surface area (Å²) < 4.78 is 5.39. The molecule has 1 aliphatic rings. The van der Waals surface area contributed by atoms with Gasteiger partial charge in [-0.2, -0.15) is 11.8 Å². The summed E-state index contributed by atoms with van der Waals surface area (Å²) >= 11 is 2.02. The Hall–Kier alpha value is -0.740. The quantitative estimate of drug-likeness (QED) is 0.851. The Labute approximate surface area is 101 Å².